The predicted octanol–water partition coefficient (Wildman–Crippen LogP) is 9.88. The molecule has 0 unspecified atom stereocenters. The molecule has 0 radical (unpaired) electrons. The van der Waals surface area contributed by atoms with Gasteiger partial charge in [0.15, 0.2) is 0 Å². The minimum atomic E-state index is -1.69. The second-order valence-corrected chi connectivity index (χ2v) is 21.2. The van der Waals surface area contributed by atoms with Gasteiger partial charge in [0.05, 0.1) is 34.1 Å². The topological polar surface area (TPSA) is 113 Å². The summed E-state index contributed by atoms with van der Waals surface area (Å²) in [6.45, 7) is 6.77. The van der Waals surface area contributed by atoms with Gasteiger partial charge in [-0.15, -0.1) is 5.92 Å². The number of hydrogen-bond acceptors (Lipinski definition) is 7. The Bertz CT molecular complexity index is 1940. The van der Waals surface area contributed by atoms with Crippen molar-refractivity contribution in [1.82, 2.24) is 0 Å². The number of fused-ring (bicyclic) bond motifs is 4. The van der Waals surface area contributed by atoms with Crippen molar-refractivity contribution in [3.05, 3.63) is 83.4 Å². The predicted molar refractivity (Wildman–Crippen MR) is 238 cm³/mol. The van der Waals surface area contributed by atoms with Crippen LogP contribution in [0.25, 0.3) is 0 Å². The average molecular weight is 833 g/mol. The van der Waals surface area contributed by atoms with Crippen LogP contribution in [-0.2, 0) is 31.9 Å². The van der Waals surface area contributed by atoms with Gasteiger partial charge >= 0.3 is 11.9 Å². The molecule has 0 saturated heterocycles. The second kappa shape index (κ2) is 18.0. The summed E-state index contributed by atoms with van der Waals surface area (Å²) in [6, 6.07) is 21.1. The number of aliphatic hydroxyl groups is 3. The normalized spacial score (nSPS) is 37.2. The molecule has 7 heteroatoms. The lowest BCUT2D eigenvalue weighted by molar-refractivity contribution is -0.338. The molecule has 61 heavy (non-hydrogen) atoms. The standard InChI is InChI=1S/C54H72O7/c1-38(15-12-20-39-16-6-4-7-17-39)24-25-45(55)54-46(56)27-31-51(3,43-22-10-11-23-43)48(54)44-36-50(2,53(54,59)32-26-42-34-47(57)60-37-42)28-14-30-52(49(58)61-44)29-13-21-41(35-52)33-40-18-8-5-9-19-40/h4-9,16-19,34,38,41,43-46,48,55-56,59H,10-13,15,20-27,29-33,35-37H2,1-3H3/t38-,41-,44-,45+,46+,48+,50+,51+,52-,53-,54+/m1/s1. The van der Waals surface area contributed by atoms with Crippen molar-refractivity contribution in [2.75, 3.05) is 6.61 Å². The number of aliphatic hydroxyl groups excluding tert-OH is 2. The van der Waals surface area contributed by atoms with Gasteiger partial charge in [0.2, 0.25) is 0 Å². The molecule has 330 valence electrons. The fraction of sp³-hybridized carbons (Fsp3) is 0.667. The van der Waals surface area contributed by atoms with Crippen molar-refractivity contribution < 1.29 is 34.4 Å². The van der Waals surface area contributed by atoms with E-state index in [4.69, 9.17) is 9.47 Å². The van der Waals surface area contributed by atoms with Crippen molar-refractivity contribution in [1.29, 1.82) is 0 Å². The first-order chi connectivity index (χ1) is 29.3. The Labute approximate surface area is 365 Å². The first-order valence-electron chi connectivity index (χ1n) is 24.1. The van der Waals surface area contributed by atoms with Crippen molar-refractivity contribution in [3.63, 3.8) is 0 Å². The van der Waals surface area contributed by atoms with Crippen LogP contribution in [-0.4, -0.2) is 57.8 Å². The van der Waals surface area contributed by atoms with Crippen LogP contribution in [0.2, 0.25) is 0 Å². The Morgan fingerprint density at radius 2 is 1.57 bits per heavy atom. The maximum Gasteiger partial charge on any atom is 0.331 e. The van der Waals surface area contributed by atoms with Crippen molar-refractivity contribution in [2.45, 2.75) is 173 Å². The summed E-state index contributed by atoms with van der Waals surface area (Å²) in [4.78, 5) is 27.6. The molecule has 2 heterocycles. The molecule has 8 rings (SSSR count). The molecule has 4 saturated carbocycles. The summed E-state index contributed by atoms with van der Waals surface area (Å²) >= 11 is 0. The minimum Gasteiger partial charge on any atom is -0.462 e. The molecule has 4 fully saturated rings. The van der Waals surface area contributed by atoms with E-state index in [0.29, 0.717) is 62.7 Å². The van der Waals surface area contributed by atoms with Crippen LogP contribution in [0.5, 0.6) is 0 Å². The highest BCUT2D eigenvalue weighted by molar-refractivity contribution is 5.85. The molecule has 0 aromatic heterocycles. The fourth-order valence-electron chi connectivity index (χ4n) is 14.3. The van der Waals surface area contributed by atoms with Crippen LogP contribution in [0.15, 0.2) is 72.3 Å². The van der Waals surface area contributed by atoms with Crippen LogP contribution in [0.4, 0.5) is 0 Å². The summed E-state index contributed by atoms with van der Waals surface area (Å²) < 4.78 is 12.5. The van der Waals surface area contributed by atoms with Crippen molar-refractivity contribution >= 4 is 11.9 Å². The van der Waals surface area contributed by atoms with Gasteiger partial charge in [-0.1, -0.05) is 113 Å². The van der Waals surface area contributed by atoms with Gasteiger partial charge in [-0.3, -0.25) is 4.79 Å². The molecule has 1 spiro atoms. The van der Waals surface area contributed by atoms with E-state index < -0.39 is 51.5 Å². The molecule has 2 aromatic rings. The largest absolute Gasteiger partial charge is 0.462 e. The van der Waals surface area contributed by atoms with Crippen LogP contribution >= 0.6 is 0 Å². The third kappa shape index (κ3) is 8.28. The lowest BCUT2D eigenvalue weighted by Crippen LogP contribution is -2.79. The molecular formula is C54H72O7. The number of esters is 2. The first kappa shape index (κ1) is 44.2. The molecule has 3 N–H and O–H groups in total. The zero-order chi connectivity index (χ0) is 42.9. The molecule has 2 aromatic carbocycles. The number of benzene rings is 2. The van der Waals surface area contributed by atoms with E-state index in [1.54, 1.807) is 0 Å². The van der Waals surface area contributed by atoms with Crippen molar-refractivity contribution in [3.8, 4) is 11.8 Å². The number of aryl methyl sites for hydroxylation is 1. The quantitative estimate of drug-likeness (QED) is 0.128. The monoisotopic (exact) mass is 833 g/mol. The van der Waals surface area contributed by atoms with Gasteiger partial charge in [0.1, 0.15) is 12.7 Å². The average Bonchev–Trinajstić information content (AvgIpc) is 3.96. The van der Waals surface area contributed by atoms with Gasteiger partial charge in [0.25, 0.3) is 0 Å². The molecular weight excluding hydrogens is 761 g/mol. The van der Waals surface area contributed by atoms with Crippen LogP contribution in [0, 0.1) is 57.2 Å². The Hall–Kier alpha value is -3.44. The summed E-state index contributed by atoms with van der Waals surface area (Å²) in [5.74, 6) is 7.09. The third-order valence-electron chi connectivity index (χ3n) is 17.4. The second-order valence-electron chi connectivity index (χ2n) is 21.2. The van der Waals surface area contributed by atoms with Crippen molar-refractivity contribution in [2.24, 2.45) is 45.3 Å². The molecule has 6 aliphatic rings. The number of rotatable bonds is 14. The number of ether oxygens (including phenoxy) is 2. The van der Waals surface area contributed by atoms with E-state index in [-0.39, 0.29) is 25.0 Å². The van der Waals surface area contributed by atoms with E-state index in [0.717, 1.165) is 82.6 Å². The maximum absolute atomic E-state index is 15.2. The van der Waals surface area contributed by atoms with E-state index in [9.17, 15) is 20.1 Å². The van der Waals surface area contributed by atoms with E-state index >= 15 is 4.79 Å². The minimum absolute atomic E-state index is 0.173. The van der Waals surface area contributed by atoms with Gasteiger partial charge < -0.3 is 24.8 Å². The lowest BCUT2D eigenvalue weighted by Gasteiger charge is -2.71. The first-order valence-corrected chi connectivity index (χ1v) is 24.1. The van der Waals surface area contributed by atoms with E-state index in [1.165, 1.54) is 17.2 Å². The molecule has 11 atom stereocenters. The zero-order valence-electron chi connectivity index (χ0n) is 37.2. The third-order valence-corrected chi connectivity index (χ3v) is 17.4. The number of cyclic esters (lactones) is 1. The fourth-order valence-corrected chi connectivity index (χ4v) is 14.3. The number of hydrogen-bond donors (Lipinski definition) is 3. The summed E-state index contributed by atoms with van der Waals surface area (Å²) in [6.07, 6.45) is 14.0. The Morgan fingerprint density at radius 3 is 2.28 bits per heavy atom. The number of carbonyl (C=O) groups excluding carboxylic acids is 2. The lowest BCUT2D eigenvalue weighted by atomic mass is 9.35. The van der Waals surface area contributed by atoms with Gasteiger partial charge in [-0.25, -0.2) is 4.79 Å². The highest BCUT2D eigenvalue weighted by atomic mass is 16.5. The van der Waals surface area contributed by atoms with Crippen LogP contribution in [0.1, 0.15) is 147 Å². The van der Waals surface area contributed by atoms with E-state index in [2.05, 4.69) is 74.2 Å². The SMILES string of the molecule is C[C@H](CCCc1ccccc1)CC[C@H](O)[C@]12[C@@H]([C@H]3C[C@](C)(C#CC[C@@]4(CCC[C@H](Cc5ccccc5)C4)C(=O)O3)[C@]1(O)CCC1=CC(=O)OC1)[C@](C)(C1CCCC1)CC[C@@H]2O. The highest BCUT2D eigenvalue weighted by Crippen LogP contribution is 2.72. The highest BCUT2D eigenvalue weighted by Gasteiger charge is 2.78. The zero-order valence-corrected chi connectivity index (χ0v) is 37.2. The van der Waals surface area contributed by atoms with Gasteiger partial charge in [-0.05, 0) is 130 Å². The Kier molecular flexibility index (Phi) is 13.0. The molecule has 7 nitrogen and oxygen atoms in total. The molecule has 0 amide bonds. The van der Waals surface area contributed by atoms with Crippen LogP contribution < -0.4 is 0 Å². The van der Waals surface area contributed by atoms with Gasteiger partial charge in [0, 0.05) is 24.8 Å². The number of carbonyl (C=O) groups is 2. The van der Waals surface area contributed by atoms with Gasteiger partial charge in [-0.2, -0.15) is 0 Å². The van der Waals surface area contributed by atoms with E-state index in [1.807, 2.05) is 19.1 Å². The Morgan fingerprint density at radius 1 is 0.852 bits per heavy atom. The summed E-state index contributed by atoms with van der Waals surface area (Å²) in [5.41, 5.74) is -2.07. The summed E-state index contributed by atoms with van der Waals surface area (Å²) in [5, 5.41) is 40.5. The Balaban J connectivity index is 1.19. The maximum atomic E-state index is 15.2. The molecule has 4 aliphatic carbocycles. The van der Waals surface area contributed by atoms with Crippen LogP contribution in [0.3, 0.4) is 0 Å². The summed E-state index contributed by atoms with van der Waals surface area (Å²) in [7, 11) is 0. The molecule has 2 bridgehead atoms. The molecule has 2 aliphatic heterocycles. The smallest absolute Gasteiger partial charge is 0.331 e.